The van der Waals surface area contributed by atoms with Crippen molar-refractivity contribution in [3.8, 4) is 55.6 Å². The molecule has 5 heterocycles. The molecule has 10 aromatic carbocycles. The van der Waals surface area contributed by atoms with Gasteiger partial charge in [0, 0.05) is 111 Å². The number of thiophene rings is 5. The maximum absolute atomic E-state index is 12.3. The van der Waals surface area contributed by atoms with Crippen molar-refractivity contribution >= 4 is 203 Å². The number of hydrogen-bond donors (Lipinski definition) is 10. The van der Waals surface area contributed by atoms with Crippen LogP contribution in [0.5, 0.6) is 0 Å². The second kappa shape index (κ2) is 49.7. The minimum atomic E-state index is -1.07. The van der Waals surface area contributed by atoms with Gasteiger partial charge in [0.25, 0.3) is 0 Å². The summed E-state index contributed by atoms with van der Waals surface area (Å²) in [6, 6.07) is 76.9. The van der Waals surface area contributed by atoms with Gasteiger partial charge in [-0.05, 0) is 176 Å². The van der Waals surface area contributed by atoms with Gasteiger partial charge in [-0.3, -0.25) is 24.0 Å². The van der Waals surface area contributed by atoms with Gasteiger partial charge in [0.1, 0.15) is 52.8 Å². The van der Waals surface area contributed by atoms with Gasteiger partial charge in [0.05, 0.1) is 0 Å². The number of carboxylic acid groups (broad SMARTS) is 5. The number of carbonyl (C=O) groups excluding carboxylic acids is 5. The molecular formula is C104H88BrCl4N5O15S5. The van der Waals surface area contributed by atoms with Crippen molar-refractivity contribution in [3.63, 3.8) is 0 Å². The van der Waals surface area contributed by atoms with Crippen molar-refractivity contribution in [1.82, 2.24) is 0 Å². The van der Waals surface area contributed by atoms with Crippen LogP contribution in [0.2, 0.25) is 20.1 Å². The largest absolute Gasteiger partial charge is 0.478 e. The molecule has 0 saturated carbocycles. The maximum atomic E-state index is 12.3. The molecule has 0 spiro atoms. The quantitative estimate of drug-likeness (QED) is 0.0200. The first-order valence-electron chi connectivity index (χ1n) is 41.6. The fraction of sp³-hybridized carbons (Fsp3) is 0.135. The summed E-state index contributed by atoms with van der Waals surface area (Å²) in [7, 11) is 0. The first-order chi connectivity index (χ1) is 64.3. The number of carbonyl (C=O) groups is 10. The van der Waals surface area contributed by atoms with Gasteiger partial charge in [-0.25, -0.2) is 24.0 Å². The van der Waals surface area contributed by atoms with Crippen molar-refractivity contribution in [1.29, 1.82) is 0 Å². The number of anilines is 5. The van der Waals surface area contributed by atoms with Crippen LogP contribution in [0.15, 0.2) is 280 Å². The molecule has 0 unspecified atom stereocenters. The average Bonchev–Trinajstić information content (AvgIpc) is 1.68. The van der Waals surface area contributed by atoms with Crippen LogP contribution in [-0.4, -0.2) is 84.9 Å². The first kappa shape index (κ1) is 102. The van der Waals surface area contributed by atoms with Gasteiger partial charge in [-0.1, -0.05) is 273 Å². The average molecular weight is 2030 g/mol. The summed E-state index contributed by atoms with van der Waals surface area (Å²) < 4.78 is 0.919. The molecule has 10 N–H and O–H groups in total. The normalized spacial score (nSPS) is 10.6. The smallest absolute Gasteiger partial charge is 0.339 e. The monoisotopic (exact) mass is 2030 g/mol. The van der Waals surface area contributed by atoms with Gasteiger partial charge in [-0.15, -0.1) is 56.7 Å². The van der Waals surface area contributed by atoms with Crippen LogP contribution in [-0.2, 0) is 56.1 Å². The number of amides is 5. The molecule has 0 fully saturated rings. The standard InChI is InChI=1S/4C21H18ClNO3S.C20H16BrNO3S/c2*1-13-2-4-14(5-3-13)6-11-18(24)23-20-19(21(25)26)17(12-27-20)15-7-9-16(22)10-8-15;2*1-13-3-2-4-14(11-13)5-10-18(24)23-20-19(21(25)26)17(12-27-20)15-6-8-16(22)9-7-15;21-15-9-7-14(8-10-15)16-12-26-19(18(16)20(24)25)22-17(23)11-6-13-4-2-1-3-5-13/h2*2-5,7-10,12H,6,11H2,1H3,(H,23,24)(H,25,26);2*2-4,6-9,11-12H,5,10H2,1H3,(H,23,24)(H,25,26);1-5,7-10,12H,6,11H2,(H,22,23)(H,24,25). The van der Waals surface area contributed by atoms with E-state index >= 15 is 0 Å². The highest BCUT2D eigenvalue weighted by molar-refractivity contribution is 9.10. The fourth-order valence-electron chi connectivity index (χ4n) is 13.6. The molecule has 0 aliphatic rings. The van der Waals surface area contributed by atoms with Crippen molar-refractivity contribution in [2.45, 2.75) is 91.9 Å². The SMILES string of the molecule is Cc1ccc(CCC(=O)Nc2scc(-c3ccc(Cl)cc3)c2C(=O)O)cc1.Cc1ccc(CCC(=O)Nc2scc(-c3ccc(Cl)cc3)c2C(=O)O)cc1.Cc1cccc(CCC(=O)Nc2scc(-c3ccc(Cl)cc3)c2C(=O)O)c1.Cc1cccc(CCC(=O)Nc2scc(-c3ccc(Cl)cc3)c2C(=O)O)c1.O=C(CCc1ccccc1)Nc1scc(-c2ccc(Br)cc2)c1C(=O)O. The summed E-state index contributed by atoms with van der Waals surface area (Å²) in [5, 5.41) is 74.7. The van der Waals surface area contributed by atoms with E-state index in [0.717, 1.165) is 71.2 Å². The van der Waals surface area contributed by atoms with E-state index < -0.39 is 29.8 Å². The Bertz CT molecular complexity index is 6340. The van der Waals surface area contributed by atoms with E-state index in [1.54, 1.807) is 124 Å². The molecule has 0 atom stereocenters. The summed E-state index contributed by atoms with van der Waals surface area (Å²) in [4.78, 5) is 120. The van der Waals surface area contributed by atoms with E-state index in [9.17, 15) is 73.5 Å². The van der Waals surface area contributed by atoms with Crippen molar-refractivity contribution in [2.75, 3.05) is 26.6 Å². The third kappa shape index (κ3) is 30.0. The lowest BCUT2D eigenvalue weighted by Crippen LogP contribution is -2.14. The Kier molecular flexibility index (Phi) is 37.7. The molecule has 0 radical (unpaired) electrons. The highest BCUT2D eigenvalue weighted by Crippen LogP contribution is 2.42. The zero-order chi connectivity index (χ0) is 96.1. The Morgan fingerprint density at radius 3 is 0.687 bits per heavy atom. The molecule has 134 heavy (non-hydrogen) atoms. The number of nitrogens with one attached hydrogen (secondary N) is 5. The maximum Gasteiger partial charge on any atom is 0.339 e. The van der Waals surface area contributed by atoms with E-state index in [0.29, 0.717) is 111 Å². The lowest BCUT2D eigenvalue weighted by atomic mass is 10.0. The van der Waals surface area contributed by atoms with Gasteiger partial charge in [0.2, 0.25) is 29.5 Å². The van der Waals surface area contributed by atoms with Crippen LogP contribution < -0.4 is 26.6 Å². The molecule has 30 heteroatoms. The Balaban J connectivity index is 0.000000161. The molecule has 15 aromatic rings. The second-order valence-electron chi connectivity index (χ2n) is 30.5. The zero-order valence-electron chi connectivity index (χ0n) is 72.4. The second-order valence-corrected chi connectivity index (χ2v) is 37.6. The molecular weight excluding hydrogens is 1940 g/mol. The number of carboxylic acids is 5. The molecule has 5 amide bonds. The predicted molar refractivity (Wildman–Crippen MR) is 547 cm³/mol. The van der Waals surface area contributed by atoms with Crippen molar-refractivity contribution in [2.24, 2.45) is 0 Å². The van der Waals surface area contributed by atoms with Crippen LogP contribution >= 0.6 is 119 Å². The number of aryl methyl sites for hydroxylation is 9. The Hall–Kier alpha value is -13.0. The highest BCUT2D eigenvalue weighted by atomic mass is 79.9. The van der Waals surface area contributed by atoms with Crippen LogP contribution in [0, 0.1) is 27.7 Å². The molecule has 15 rings (SSSR count). The Labute approximate surface area is 822 Å². The summed E-state index contributed by atoms with van der Waals surface area (Å²) >= 11 is 33.0. The Morgan fingerprint density at radius 2 is 0.463 bits per heavy atom. The lowest BCUT2D eigenvalue weighted by molar-refractivity contribution is -0.117. The van der Waals surface area contributed by atoms with Crippen LogP contribution in [0.4, 0.5) is 25.0 Å². The third-order valence-electron chi connectivity index (χ3n) is 20.5. The summed E-state index contributed by atoms with van der Waals surface area (Å²) in [6.07, 6.45) is 4.47. The van der Waals surface area contributed by atoms with Gasteiger partial charge in [0.15, 0.2) is 0 Å². The van der Waals surface area contributed by atoms with Crippen molar-refractivity contribution in [3.05, 3.63) is 378 Å². The molecule has 0 aliphatic carbocycles. The molecule has 0 aliphatic heterocycles. The zero-order valence-corrected chi connectivity index (χ0v) is 81.1. The van der Waals surface area contributed by atoms with E-state index in [-0.39, 0.29) is 83.0 Å². The van der Waals surface area contributed by atoms with E-state index in [2.05, 4.69) is 42.5 Å². The third-order valence-corrected chi connectivity index (χ3v) is 26.5. The van der Waals surface area contributed by atoms with E-state index in [1.807, 2.05) is 179 Å². The van der Waals surface area contributed by atoms with Gasteiger partial charge in [-0.2, -0.15) is 0 Å². The molecule has 0 bridgehead atoms. The topological polar surface area (TPSA) is 332 Å². The summed E-state index contributed by atoms with van der Waals surface area (Å²) in [6.45, 7) is 8.04. The Morgan fingerprint density at radius 1 is 0.254 bits per heavy atom. The summed E-state index contributed by atoms with van der Waals surface area (Å²) in [5.74, 6) is -6.37. The highest BCUT2D eigenvalue weighted by Gasteiger charge is 2.27. The van der Waals surface area contributed by atoms with Crippen LogP contribution in [0.1, 0.15) is 134 Å². The first-order valence-corrected chi connectivity index (χ1v) is 48.3. The van der Waals surface area contributed by atoms with Crippen LogP contribution in [0.3, 0.4) is 0 Å². The number of halogens is 5. The van der Waals surface area contributed by atoms with E-state index in [1.165, 1.54) is 67.8 Å². The number of hydrogen-bond acceptors (Lipinski definition) is 15. The minimum Gasteiger partial charge on any atom is -0.478 e. The van der Waals surface area contributed by atoms with Gasteiger partial charge >= 0.3 is 29.8 Å². The summed E-state index contributed by atoms with van der Waals surface area (Å²) in [5.41, 5.74) is 17.2. The molecule has 20 nitrogen and oxygen atoms in total. The molecule has 5 aromatic heterocycles. The number of rotatable bonds is 30. The molecule has 0 saturated heterocycles. The lowest BCUT2D eigenvalue weighted by Gasteiger charge is -2.07. The van der Waals surface area contributed by atoms with Crippen LogP contribution in [0.25, 0.3) is 55.6 Å². The number of benzene rings is 10. The van der Waals surface area contributed by atoms with Gasteiger partial charge < -0.3 is 52.1 Å². The number of aromatic carboxylic acids is 5. The van der Waals surface area contributed by atoms with Crippen molar-refractivity contribution < 1.29 is 73.5 Å². The fourth-order valence-corrected chi connectivity index (χ4v) is 19.3. The minimum absolute atomic E-state index is 0.103. The molecule has 684 valence electrons. The predicted octanol–water partition coefficient (Wildman–Crippen LogP) is 28.0. The van der Waals surface area contributed by atoms with E-state index in [4.69, 9.17) is 46.4 Å².